The van der Waals surface area contributed by atoms with E-state index in [1.165, 1.54) is 0 Å². The second-order valence-corrected chi connectivity index (χ2v) is 14.7. The molecule has 0 saturated carbocycles. The number of nitrogens with one attached hydrogen (secondary N) is 3. The second kappa shape index (κ2) is 13.4. The summed E-state index contributed by atoms with van der Waals surface area (Å²) in [5.74, 6) is -0.416. The number of anilines is 2. The highest BCUT2D eigenvalue weighted by atomic mass is 32.2. The molecule has 3 N–H and O–H groups in total. The van der Waals surface area contributed by atoms with Gasteiger partial charge in [0, 0.05) is 17.2 Å². The Hall–Kier alpha value is -4.36. The van der Waals surface area contributed by atoms with E-state index in [1.54, 1.807) is 35.0 Å². The van der Waals surface area contributed by atoms with Gasteiger partial charge in [0.05, 0.1) is 21.5 Å². The molecule has 1 fully saturated rings. The topological polar surface area (TPSA) is 114 Å². The number of sulfone groups is 1. The van der Waals surface area contributed by atoms with E-state index in [0.717, 1.165) is 41.2 Å². The van der Waals surface area contributed by atoms with E-state index in [0.29, 0.717) is 43.0 Å². The summed E-state index contributed by atoms with van der Waals surface area (Å²) in [6.07, 6.45) is -3.81. The van der Waals surface area contributed by atoms with Crippen molar-refractivity contribution in [2.24, 2.45) is 5.92 Å². The van der Waals surface area contributed by atoms with Crippen molar-refractivity contribution in [3.05, 3.63) is 95.7 Å². The SMILES string of the molecule is Cc1ccc(-n2nc(C(C)(C)C)cc2NC(=O)Nc2ccccc2C(C2CCNCC2)S(=O)(=O)c2ccc(OC(F)(F)F)cc2)cc1. The Labute approximate surface area is 272 Å². The van der Waals surface area contributed by atoms with Crippen LogP contribution in [0.5, 0.6) is 5.75 Å². The third-order valence-electron chi connectivity index (χ3n) is 8.05. The largest absolute Gasteiger partial charge is 0.573 e. The van der Waals surface area contributed by atoms with E-state index in [4.69, 9.17) is 5.10 Å². The summed E-state index contributed by atoms with van der Waals surface area (Å²) >= 11 is 0. The normalized spacial score (nSPS) is 15.2. The maximum Gasteiger partial charge on any atom is 0.573 e. The molecule has 0 aliphatic carbocycles. The number of nitrogens with zero attached hydrogens (tertiary/aromatic N) is 2. The number of urea groups is 1. The molecule has 1 aliphatic rings. The predicted molar refractivity (Wildman–Crippen MR) is 175 cm³/mol. The van der Waals surface area contributed by atoms with Crippen molar-refractivity contribution in [2.45, 2.75) is 62.5 Å². The first-order chi connectivity index (χ1) is 22.1. The zero-order chi connectivity index (χ0) is 34.0. The predicted octanol–water partition coefficient (Wildman–Crippen LogP) is 7.54. The third kappa shape index (κ3) is 8.14. The molecule has 1 aromatic heterocycles. The fourth-order valence-electron chi connectivity index (χ4n) is 5.65. The van der Waals surface area contributed by atoms with E-state index in [1.807, 2.05) is 52.0 Å². The number of hydrogen-bond donors (Lipinski definition) is 3. The third-order valence-corrected chi connectivity index (χ3v) is 10.3. The number of aryl methyl sites for hydroxylation is 1. The Morgan fingerprint density at radius 1 is 0.957 bits per heavy atom. The van der Waals surface area contributed by atoms with Crippen molar-refractivity contribution < 1.29 is 31.1 Å². The molecule has 1 saturated heterocycles. The number of aromatic nitrogens is 2. The van der Waals surface area contributed by atoms with Crippen LogP contribution >= 0.6 is 0 Å². The maximum atomic E-state index is 14.3. The van der Waals surface area contributed by atoms with Crippen molar-refractivity contribution in [3.8, 4) is 11.4 Å². The first-order valence-corrected chi connectivity index (χ1v) is 16.8. The summed E-state index contributed by atoms with van der Waals surface area (Å²) in [6.45, 7) is 9.24. The van der Waals surface area contributed by atoms with E-state index >= 15 is 0 Å². The molecular weight excluding hydrogens is 631 g/mol. The van der Waals surface area contributed by atoms with Crippen LogP contribution in [-0.2, 0) is 15.3 Å². The van der Waals surface area contributed by atoms with Gasteiger partial charge in [-0.15, -0.1) is 13.2 Å². The van der Waals surface area contributed by atoms with E-state index in [2.05, 4.69) is 20.7 Å². The Morgan fingerprint density at radius 2 is 1.60 bits per heavy atom. The van der Waals surface area contributed by atoms with E-state index < -0.39 is 33.2 Å². The van der Waals surface area contributed by atoms with Gasteiger partial charge in [0.1, 0.15) is 11.6 Å². The average Bonchev–Trinajstić information content (AvgIpc) is 3.43. The minimum Gasteiger partial charge on any atom is -0.406 e. The number of benzene rings is 3. The number of carbonyl (C=O) groups is 1. The quantitative estimate of drug-likeness (QED) is 0.179. The van der Waals surface area contributed by atoms with Crippen LogP contribution in [0.25, 0.3) is 5.69 Å². The molecule has 0 spiro atoms. The molecule has 1 unspecified atom stereocenters. The number of para-hydroxylation sites is 1. The Kier molecular flexibility index (Phi) is 9.69. The molecule has 0 radical (unpaired) electrons. The van der Waals surface area contributed by atoms with Crippen LogP contribution in [0.2, 0.25) is 0 Å². The minimum absolute atomic E-state index is 0.147. The summed E-state index contributed by atoms with van der Waals surface area (Å²) in [5, 5.41) is 12.7. The minimum atomic E-state index is -4.91. The number of halogens is 3. The number of piperidine rings is 1. The standard InChI is InChI=1S/C34H38F3N5O4S/c1-22-9-11-24(12-10-22)42-30(21-29(41-42)33(2,3)4)40-32(43)39-28-8-6-5-7-27(28)31(23-17-19-38-20-18-23)47(44,45)26-15-13-25(14-16-26)46-34(35,36)37/h5-16,21,23,31,38H,17-20H2,1-4H3,(H2,39,40,43). The molecule has 9 nitrogen and oxygen atoms in total. The number of alkyl halides is 3. The summed E-state index contributed by atoms with van der Waals surface area (Å²) in [5.41, 5.74) is 2.97. The zero-order valence-electron chi connectivity index (χ0n) is 26.6. The molecule has 3 aromatic carbocycles. The lowest BCUT2D eigenvalue weighted by Gasteiger charge is -2.32. The molecule has 2 heterocycles. The summed E-state index contributed by atoms with van der Waals surface area (Å²) in [4.78, 5) is 13.4. The van der Waals surface area contributed by atoms with Crippen molar-refractivity contribution in [1.82, 2.24) is 15.1 Å². The highest BCUT2D eigenvalue weighted by Crippen LogP contribution is 2.42. The molecule has 250 valence electrons. The molecule has 0 bridgehead atoms. The van der Waals surface area contributed by atoms with Gasteiger partial charge >= 0.3 is 12.4 Å². The summed E-state index contributed by atoms with van der Waals surface area (Å²) in [6, 6.07) is 19.8. The van der Waals surface area contributed by atoms with Gasteiger partial charge in [-0.2, -0.15) is 5.10 Å². The zero-order valence-corrected chi connectivity index (χ0v) is 27.4. The maximum absolute atomic E-state index is 14.3. The highest BCUT2D eigenvalue weighted by Gasteiger charge is 2.39. The Morgan fingerprint density at radius 3 is 2.21 bits per heavy atom. The van der Waals surface area contributed by atoms with Gasteiger partial charge in [0.25, 0.3) is 0 Å². The first-order valence-electron chi connectivity index (χ1n) is 15.3. The fourth-order valence-corrected chi connectivity index (χ4v) is 7.77. The molecule has 5 rings (SSSR count). The van der Waals surface area contributed by atoms with E-state index in [9.17, 15) is 26.4 Å². The van der Waals surface area contributed by atoms with Gasteiger partial charge in [0.15, 0.2) is 9.84 Å². The number of ether oxygens (including phenoxy) is 1. The van der Waals surface area contributed by atoms with Gasteiger partial charge in [-0.1, -0.05) is 56.7 Å². The van der Waals surface area contributed by atoms with Gasteiger partial charge in [-0.25, -0.2) is 17.9 Å². The number of carbonyl (C=O) groups excluding carboxylic acids is 1. The average molecular weight is 670 g/mol. The van der Waals surface area contributed by atoms with Crippen molar-refractivity contribution >= 4 is 27.4 Å². The number of amides is 2. The van der Waals surface area contributed by atoms with Crippen LogP contribution in [-0.4, -0.2) is 43.7 Å². The van der Waals surface area contributed by atoms with Crippen molar-refractivity contribution in [1.29, 1.82) is 0 Å². The highest BCUT2D eigenvalue weighted by molar-refractivity contribution is 7.91. The van der Waals surface area contributed by atoms with Crippen LogP contribution in [0.3, 0.4) is 0 Å². The van der Waals surface area contributed by atoms with Crippen molar-refractivity contribution in [2.75, 3.05) is 23.7 Å². The molecule has 1 aliphatic heterocycles. The first kappa shape index (κ1) is 34.0. The molecule has 13 heteroatoms. The van der Waals surface area contributed by atoms with E-state index in [-0.39, 0.29) is 16.2 Å². The van der Waals surface area contributed by atoms with Gasteiger partial charge < -0.3 is 15.4 Å². The summed E-state index contributed by atoms with van der Waals surface area (Å²) < 4.78 is 72.3. The Balaban J connectivity index is 1.48. The molecule has 4 aromatic rings. The Bertz CT molecular complexity index is 1810. The second-order valence-electron chi connectivity index (χ2n) is 12.7. The molecule has 1 atom stereocenters. The fraction of sp³-hybridized carbons (Fsp3) is 0.353. The van der Waals surface area contributed by atoms with Crippen molar-refractivity contribution in [3.63, 3.8) is 0 Å². The number of rotatable bonds is 8. The monoisotopic (exact) mass is 669 g/mol. The van der Waals surface area contributed by atoms with Crippen LogP contribution in [0.1, 0.15) is 55.7 Å². The number of hydrogen-bond acceptors (Lipinski definition) is 6. The molecule has 2 amide bonds. The lowest BCUT2D eigenvalue weighted by atomic mass is 9.89. The van der Waals surface area contributed by atoms with Gasteiger partial charge in [-0.05, 0) is 86.8 Å². The lowest BCUT2D eigenvalue weighted by Crippen LogP contribution is -2.34. The van der Waals surface area contributed by atoms with Gasteiger partial charge in [0.2, 0.25) is 0 Å². The van der Waals surface area contributed by atoms with Crippen LogP contribution < -0.4 is 20.7 Å². The summed E-state index contributed by atoms with van der Waals surface area (Å²) in [7, 11) is -4.14. The molecular formula is C34H38F3N5O4S. The smallest absolute Gasteiger partial charge is 0.406 e. The van der Waals surface area contributed by atoms with Crippen LogP contribution in [0.15, 0.2) is 83.8 Å². The van der Waals surface area contributed by atoms with Gasteiger partial charge in [-0.3, -0.25) is 5.32 Å². The molecule has 47 heavy (non-hydrogen) atoms. The van der Waals surface area contributed by atoms with Crippen LogP contribution in [0, 0.1) is 12.8 Å². The lowest BCUT2D eigenvalue weighted by molar-refractivity contribution is -0.274. The van der Waals surface area contributed by atoms with Crippen LogP contribution in [0.4, 0.5) is 29.5 Å².